The Labute approximate surface area is 228 Å². The van der Waals surface area contributed by atoms with Crippen LogP contribution in [0.15, 0.2) is 47.8 Å². The molecular formula is C31H35N3O3S. The molecular weight excluding hydrogens is 494 g/mol. The monoisotopic (exact) mass is 529 g/mol. The van der Waals surface area contributed by atoms with Crippen molar-refractivity contribution < 1.29 is 14.3 Å². The summed E-state index contributed by atoms with van der Waals surface area (Å²) >= 11 is 1.44. The van der Waals surface area contributed by atoms with E-state index in [1.54, 1.807) is 5.38 Å². The van der Waals surface area contributed by atoms with Gasteiger partial charge >= 0.3 is 0 Å². The van der Waals surface area contributed by atoms with Crippen molar-refractivity contribution in [3.05, 3.63) is 80.8 Å². The minimum Gasteiger partial charge on any atom is -0.486 e. The first-order chi connectivity index (χ1) is 18.5. The van der Waals surface area contributed by atoms with Crippen LogP contribution in [0.25, 0.3) is 0 Å². The number of thiazole rings is 1. The standard InChI is InChI=1S/C31H35N3O3S/c1-20-6-10-23(11-7-20)29-26-16-25(13-12-22(26)14-15-34(29)31(36)24-4-2-3-5-24)37-18-28-33-27(19-38-28)30(35)32-17-21-8-9-21/h6-7,10-13,16,19,21,24,29H,2-5,8-9,14-15,17-18H2,1H3,(H,32,35)/t29-/m1/s1. The van der Waals surface area contributed by atoms with Crippen molar-refractivity contribution in [2.45, 2.75) is 64.5 Å². The molecule has 3 aliphatic rings. The van der Waals surface area contributed by atoms with Gasteiger partial charge in [-0.1, -0.05) is 48.7 Å². The average Bonchev–Trinajstić information content (AvgIpc) is 3.38. The number of aromatic nitrogens is 1. The number of carbonyl (C=O) groups is 2. The first-order valence-corrected chi connectivity index (χ1v) is 14.8. The summed E-state index contributed by atoms with van der Waals surface area (Å²) in [4.78, 5) is 32.6. The zero-order valence-corrected chi connectivity index (χ0v) is 22.8. The van der Waals surface area contributed by atoms with Crippen LogP contribution in [-0.4, -0.2) is 34.8 Å². The molecule has 1 aliphatic heterocycles. The Morgan fingerprint density at radius 3 is 2.63 bits per heavy atom. The number of fused-ring (bicyclic) bond motifs is 1. The number of rotatable bonds is 8. The number of nitrogens with zero attached hydrogens (tertiary/aromatic N) is 2. The van der Waals surface area contributed by atoms with Gasteiger partial charge in [-0.15, -0.1) is 11.3 Å². The van der Waals surface area contributed by atoms with Crippen LogP contribution >= 0.6 is 11.3 Å². The highest BCUT2D eigenvalue weighted by molar-refractivity contribution is 7.09. The molecule has 6 rings (SSSR count). The smallest absolute Gasteiger partial charge is 0.270 e. The van der Waals surface area contributed by atoms with Crippen LogP contribution in [0.2, 0.25) is 0 Å². The molecule has 0 unspecified atom stereocenters. The van der Waals surface area contributed by atoms with Gasteiger partial charge in [-0.25, -0.2) is 4.98 Å². The predicted octanol–water partition coefficient (Wildman–Crippen LogP) is 5.83. The summed E-state index contributed by atoms with van der Waals surface area (Å²) in [6, 6.07) is 14.7. The molecule has 0 spiro atoms. The van der Waals surface area contributed by atoms with Gasteiger partial charge in [0.15, 0.2) is 0 Å². The fourth-order valence-corrected chi connectivity index (χ4v) is 6.40. The van der Waals surface area contributed by atoms with Crippen molar-refractivity contribution in [2.24, 2.45) is 11.8 Å². The maximum Gasteiger partial charge on any atom is 0.270 e. The zero-order chi connectivity index (χ0) is 26.1. The highest BCUT2D eigenvalue weighted by Crippen LogP contribution is 2.40. The molecule has 3 aromatic rings. The van der Waals surface area contributed by atoms with Crippen molar-refractivity contribution in [3.8, 4) is 5.75 Å². The molecule has 0 radical (unpaired) electrons. The third kappa shape index (κ3) is 5.48. The number of hydrogen-bond donors (Lipinski definition) is 1. The summed E-state index contributed by atoms with van der Waals surface area (Å²) in [5, 5.41) is 5.54. The summed E-state index contributed by atoms with van der Waals surface area (Å²) in [7, 11) is 0. The predicted molar refractivity (Wildman–Crippen MR) is 148 cm³/mol. The van der Waals surface area contributed by atoms with Crippen molar-refractivity contribution in [3.63, 3.8) is 0 Å². The number of ether oxygens (including phenoxy) is 1. The first kappa shape index (κ1) is 25.1. The van der Waals surface area contributed by atoms with E-state index < -0.39 is 0 Å². The van der Waals surface area contributed by atoms with E-state index in [-0.39, 0.29) is 17.9 Å². The number of carbonyl (C=O) groups excluding carboxylic acids is 2. The van der Waals surface area contributed by atoms with Crippen LogP contribution in [0.4, 0.5) is 0 Å². The van der Waals surface area contributed by atoms with E-state index in [0.29, 0.717) is 24.1 Å². The molecule has 0 saturated heterocycles. The summed E-state index contributed by atoms with van der Waals surface area (Å²) in [5.41, 5.74) is 5.21. The van der Waals surface area contributed by atoms with E-state index in [2.05, 4.69) is 58.5 Å². The lowest BCUT2D eigenvalue weighted by atomic mass is 9.86. The molecule has 1 N–H and O–H groups in total. The molecule has 2 heterocycles. The van der Waals surface area contributed by atoms with E-state index in [9.17, 15) is 9.59 Å². The largest absolute Gasteiger partial charge is 0.486 e. The van der Waals surface area contributed by atoms with Crippen molar-refractivity contribution in [1.29, 1.82) is 0 Å². The zero-order valence-electron chi connectivity index (χ0n) is 21.9. The fourth-order valence-electron chi connectivity index (χ4n) is 5.71. The lowest BCUT2D eigenvalue weighted by Gasteiger charge is -2.39. The third-order valence-electron chi connectivity index (χ3n) is 8.12. The molecule has 7 heteroatoms. The van der Waals surface area contributed by atoms with E-state index in [1.165, 1.54) is 35.3 Å². The minimum atomic E-state index is -0.113. The fraction of sp³-hybridized carbons (Fsp3) is 0.452. The Balaban J connectivity index is 1.21. The highest BCUT2D eigenvalue weighted by Gasteiger charge is 2.36. The molecule has 2 aliphatic carbocycles. The second-order valence-corrected chi connectivity index (χ2v) is 11.9. The second kappa shape index (κ2) is 10.9. The topological polar surface area (TPSA) is 71.5 Å². The quantitative estimate of drug-likeness (QED) is 0.398. The van der Waals surface area contributed by atoms with Gasteiger partial charge in [0.25, 0.3) is 5.91 Å². The summed E-state index contributed by atoms with van der Waals surface area (Å²) in [5.74, 6) is 1.72. The Kier molecular flexibility index (Phi) is 7.20. The summed E-state index contributed by atoms with van der Waals surface area (Å²) < 4.78 is 6.17. The molecule has 1 aromatic heterocycles. The van der Waals surface area contributed by atoms with Crippen LogP contribution in [0.5, 0.6) is 5.75 Å². The number of benzene rings is 2. The maximum atomic E-state index is 13.7. The Hall–Kier alpha value is -3.19. The van der Waals surface area contributed by atoms with Crippen molar-refractivity contribution in [1.82, 2.24) is 15.2 Å². The van der Waals surface area contributed by atoms with E-state index in [4.69, 9.17) is 4.74 Å². The number of nitrogens with one attached hydrogen (secondary N) is 1. The van der Waals surface area contributed by atoms with Gasteiger partial charge in [-0.3, -0.25) is 9.59 Å². The van der Waals surface area contributed by atoms with Crippen LogP contribution < -0.4 is 10.1 Å². The first-order valence-electron chi connectivity index (χ1n) is 13.9. The van der Waals surface area contributed by atoms with E-state index in [1.807, 2.05) is 6.07 Å². The Bertz CT molecular complexity index is 1310. The Morgan fingerprint density at radius 2 is 1.87 bits per heavy atom. The number of hydrogen-bond acceptors (Lipinski definition) is 5. The number of amides is 2. The second-order valence-electron chi connectivity index (χ2n) is 11.0. The third-order valence-corrected chi connectivity index (χ3v) is 8.94. The van der Waals surface area contributed by atoms with Gasteiger partial charge in [0.1, 0.15) is 23.1 Å². The van der Waals surface area contributed by atoms with Gasteiger partial charge in [0, 0.05) is 24.4 Å². The molecule has 2 aromatic carbocycles. The molecule has 198 valence electrons. The van der Waals surface area contributed by atoms with Gasteiger partial charge < -0.3 is 15.0 Å². The minimum absolute atomic E-state index is 0.110. The molecule has 38 heavy (non-hydrogen) atoms. The van der Waals surface area contributed by atoms with Crippen LogP contribution in [0, 0.1) is 18.8 Å². The maximum absolute atomic E-state index is 13.7. The number of aryl methyl sites for hydroxylation is 1. The molecule has 2 fully saturated rings. The van der Waals surface area contributed by atoms with E-state index >= 15 is 0 Å². The molecule has 2 amide bonds. The Morgan fingerprint density at radius 1 is 1.08 bits per heavy atom. The van der Waals surface area contributed by atoms with E-state index in [0.717, 1.165) is 67.1 Å². The molecule has 0 bridgehead atoms. The van der Waals surface area contributed by atoms with Gasteiger partial charge in [-0.05, 0) is 73.8 Å². The van der Waals surface area contributed by atoms with Crippen molar-refractivity contribution >= 4 is 23.2 Å². The summed E-state index contributed by atoms with van der Waals surface area (Å²) in [6.07, 6.45) is 7.55. The van der Waals surface area contributed by atoms with Crippen LogP contribution in [0.3, 0.4) is 0 Å². The average molecular weight is 530 g/mol. The molecule has 6 nitrogen and oxygen atoms in total. The van der Waals surface area contributed by atoms with Gasteiger partial charge in [0.05, 0.1) is 6.04 Å². The highest BCUT2D eigenvalue weighted by atomic mass is 32.1. The lowest BCUT2D eigenvalue weighted by Crippen LogP contribution is -2.43. The summed E-state index contributed by atoms with van der Waals surface area (Å²) in [6.45, 7) is 3.87. The van der Waals surface area contributed by atoms with Crippen molar-refractivity contribution in [2.75, 3.05) is 13.1 Å². The molecule has 1 atom stereocenters. The SMILES string of the molecule is Cc1ccc([C@@H]2c3cc(OCc4nc(C(=O)NCC5CC5)cs4)ccc3CCN2C(=O)C2CCCC2)cc1. The lowest BCUT2D eigenvalue weighted by molar-refractivity contribution is -0.137. The molecule has 2 saturated carbocycles. The van der Waals surface area contributed by atoms with Gasteiger partial charge in [-0.2, -0.15) is 0 Å². The van der Waals surface area contributed by atoms with Gasteiger partial charge in [0.2, 0.25) is 5.91 Å². The normalized spacial score (nSPS) is 19.3. The van der Waals surface area contributed by atoms with Crippen LogP contribution in [0.1, 0.15) is 82.3 Å². The van der Waals surface area contributed by atoms with Crippen LogP contribution in [-0.2, 0) is 17.8 Å².